The molecule has 0 unspecified atom stereocenters. The van der Waals surface area contributed by atoms with E-state index in [9.17, 15) is 0 Å². The Labute approximate surface area is 91.0 Å². The molecule has 0 spiro atoms. The Morgan fingerprint density at radius 2 is 2.33 bits per heavy atom. The number of aromatic nitrogens is 1. The van der Waals surface area contributed by atoms with Crippen molar-refractivity contribution >= 4 is 0 Å². The fourth-order valence-corrected chi connectivity index (χ4v) is 1.17. The SMILES string of the molecule is CCCOCc1ocnc1CNC(C)C. The summed E-state index contributed by atoms with van der Waals surface area (Å²) < 4.78 is 10.7. The zero-order chi connectivity index (χ0) is 11.1. The summed E-state index contributed by atoms with van der Waals surface area (Å²) in [6.45, 7) is 8.31. The molecule has 0 aromatic carbocycles. The molecule has 0 bridgehead atoms. The summed E-state index contributed by atoms with van der Waals surface area (Å²) in [6, 6.07) is 0.450. The first-order valence-corrected chi connectivity index (χ1v) is 5.46. The van der Waals surface area contributed by atoms with Gasteiger partial charge in [-0.05, 0) is 6.42 Å². The molecular formula is C11H20N2O2. The Balaban J connectivity index is 2.39. The van der Waals surface area contributed by atoms with E-state index in [4.69, 9.17) is 9.15 Å². The molecule has 0 aliphatic carbocycles. The van der Waals surface area contributed by atoms with Crippen LogP contribution in [-0.2, 0) is 17.9 Å². The van der Waals surface area contributed by atoms with Crippen LogP contribution in [0.15, 0.2) is 10.8 Å². The summed E-state index contributed by atoms with van der Waals surface area (Å²) in [6.07, 6.45) is 2.50. The van der Waals surface area contributed by atoms with Crippen molar-refractivity contribution in [3.63, 3.8) is 0 Å². The Kier molecular flexibility index (Phi) is 5.36. The minimum absolute atomic E-state index is 0.450. The first-order valence-electron chi connectivity index (χ1n) is 5.46. The van der Waals surface area contributed by atoms with Crippen molar-refractivity contribution in [2.24, 2.45) is 0 Å². The van der Waals surface area contributed by atoms with Gasteiger partial charge in [-0.2, -0.15) is 0 Å². The molecule has 0 aliphatic heterocycles. The fourth-order valence-electron chi connectivity index (χ4n) is 1.17. The summed E-state index contributed by atoms with van der Waals surface area (Å²) in [5.41, 5.74) is 0.944. The summed E-state index contributed by atoms with van der Waals surface area (Å²) in [7, 11) is 0. The van der Waals surface area contributed by atoms with Crippen LogP contribution in [0.5, 0.6) is 0 Å². The van der Waals surface area contributed by atoms with E-state index >= 15 is 0 Å². The van der Waals surface area contributed by atoms with Gasteiger partial charge in [-0.25, -0.2) is 4.98 Å². The van der Waals surface area contributed by atoms with Crippen LogP contribution in [0.2, 0.25) is 0 Å². The van der Waals surface area contributed by atoms with E-state index < -0.39 is 0 Å². The molecule has 1 aromatic heterocycles. The zero-order valence-corrected chi connectivity index (χ0v) is 9.75. The number of nitrogens with one attached hydrogen (secondary N) is 1. The van der Waals surface area contributed by atoms with Gasteiger partial charge in [0.2, 0.25) is 0 Å². The standard InChI is InChI=1S/C11H20N2O2/c1-4-5-14-7-11-10(13-8-15-11)6-12-9(2)3/h8-9,12H,4-7H2,1-3H3. The monoisotopic (exact) mass is 212 g/mol. The third-order valence-corrected chi connectivity index (χ3v) is 1.98. The normalized spacial score (nSPS) is 11.2. The average molecular weight is 212 g/mol. The van der Waals surface area contributed by atoms with Crippen molar-refractivity contribution < 1.29 is 9.15 Å². The summed E-state index contributed by atoms with van der Waals surface area (Å²) in [4.78, 5) is 4.16. The van der Waals surface area contributed by atoms with Gasteiger partial charge in [-0.1, -0.05) is 20.8 Å². The highest BCUT2D eigenvalue weighted by Crippen LogP contribution is 2.08. The van der Waals surface area contributed by atoms with E-state index in [-0.39, 0.29) is 0 Å². The van der Waals surface area contributed by atoms with Gasteiger partial charge >= 0.3 is 0 Å². The molecule has 4 nitrogen and oxygen atoms in total. The summed E-state index contributed by atoms with van der Waals surface area (Å²) >= 11 is 0. The highest BCUT2D eigenvalue weighted by molar-refractivity contribution is 5.05. The Hall–Kier alpha value is -0.870. The van der Waals surface area contributed by atoms with Gasteiger partial charge in [0.1, 0.15) is 6.61 Å². The molecule has 0 fully saturated rings. The lowest BCUT2D eigenvalue weighted by atomic mass is 10.3. The van der Waals surface area contributed by atoms with Gasteiger partial charge in [0.25, 0.3) is 0 Å². The van der Waals surface area contributed by atoms with Crippen LogP contribution < -0.4 is 5.32 Å². The molecule has 0 radical (unpaired) electrons. The number of hydrogen-bond donors (Lipinski definition) is 1. The smallest absolute Gasteiger partial charge is 0.181 e. The molecule has 0 saturated heterocycles. The molecule has 0 aliphatic rings. The van der Waals surface area contributed by atoms with Gasteiger partial charge in [0.05, 0.1) is 5.69 Å². The van der Waals surface area contributed by atoms with Gasteiger partial charge < -0.3 is 14.5 Å². The van der Waals surface area contributed by atoms with E-state index in [2.05, 4.69) is 31.1 Å². The number of ether oxygens (including phenoxy) is 1. The van der Waals surface area contributed by atoms with Crippen molar-refractivity contribution in [2.45, 2.75) is 46.4 Å². The molecule has 0 amide bonds. The second-order valence-corrected chi connectivity index (χ2v) is 3.81. The molecule has 0 saturated carbocycles. The maximum absolute atomic E-state index is 5.41. The molecule has 1 rings (SSSR count). The molecule has 4 heteroatoms. The van der Waals surface area contributed by atoms with Crippen LogP contribution in [0.1, 0.15) is 38.6 Å². The van der Waals surface area contributed by atoms with Gasteiger partial charge in [0.15, 0.2) is 12.2 Å². The van der Waals surface area contributed by atoms with E-state index in [0.29, 0.717) is 12.6 Å². The lowest BCUT2D eigenvalue weighted by Gasteiger charge is -2.07. The first-order chi connectivity index (χ1) is 7.24. The third kappa shape index (κ3) is 4.44. The largest absolute Gasteiger partial charge is 0.446 e. The van der Waals surface area contributed by atoms with Crippen molar-refractivity contribution in [1.29, 1.82) is 0 Å². The van der Waals surface area contributed by atoms with Crippen molar-refractivity contribution in [2.75, 3.05) is 6.61 Å². The number of nitrogens with zero attached hydrogens (tertiary/aromatic N) is 1. The average Bonchev–Trinajstić information content (AvgIpc) is 2.63. The van der Waals surface area contributed by atoms with E-state index in [1.54, 1.807) is 0 Å². The maximum atomic E-state index is 5.41. The second-order valence-electron chi connectivity index (χ2n) is 3.81. The minimum Gasteiger partial charge on any atom is -0.446 e. The van der Waals surface area contributed by atoms with Crippen LogP contribution in [0.4, 0.5) is 0 Å². The van der Waals surface area contributed by atoms with Crippen LogP contribution in [0.3, 0.4) is 0 Å². The molecule has 15 heavy (non-hydrogen) atoms. The molecule has 86 valence electrons. The molecule has 1 aromatic rings. The zero-order valence-electron chi connectivity index (χ0n) is 9.75. The third-order valence-electron chi connectivity index (χ3n) is 1.98. The van der Waals surface area contributed by atoms with Crippen LogP contribution in [0, 0.1) is 0 Å². The van der Waals surface area contributed by atoms with Crippen molar-refractivity contribution in [3.05, 3.63) is 17.8 Å². The second kappa shape index (κ2) is 6.58. The lowest BCUT2D eigenvalue weighted by molar-refractivity contribution is 0.106. The maximum Gasteiger partial charge on any atom is 0.181 e. The highest BCUT2D eigenvalue weighted by atomic mass is 16.5. The number of rotatable bonds is 7. The number of oxazole rings is 1. The predicted octanol–water partition coefficient (Wildman–Crippen LogP) is 2.10. The fraction of sp³-hybridized carbons (Fsp3) is 0.727. The van der Waals surface area contributed by atoms with Crippen LogP contribution >= 0.6 is 0 Å². The van der Waals surface area contributed by atoms with Crippen LogP contribution in [-0.4, -0.2) is 17.6 Å². The quantitative estimate of drug-likeness (QED) is 0.703. The van der Waals surface area contributed by atoms with E-state index in [0.717, 1.165) is 31.0 Å². The summed E-state index contributed by atoms with van der Waals surface area (Å²) in [5, 5.41) is 3.30. The Morgan fingerprint density at radius 1 is 1.53 bits per heavy atom. The Morgan fingerprint density at radius 3 is 3.00 bits per heavy atom. The first kappa shape index (κ1) is 12.2. The van der Waals surface area contributed by atoms with Gasteiger partial charge in [-0.15, -0.1) is 0 Å². The number of hydrogen-bond acceptors (Lipinski definition) is 4. The lowest BCUT2D eigenvalue weighted by Crippen LogP contribution is -2.22. The van der Waals surface area contributed by atoms with Gasteiger partial charge in [0, 0.05) is 19.2 Å². The molecule has 1 heterocycles. The molecule has 0 atom stereocenters. The highest BCUT2D eigenvalue weighted by Gasteiger charge is 2.08. The van der Waals surface area contributed by atoms with E-state index in [1.165, 1.54) is 6.39 Å². The summed E-state index contributed by atoms with van der Waals surface area (Å²) in [5.74, 6) is 0.830. The van der Waals surface area contributed by atoms with Crippen LogP contribution in [0.25, 0.3) is 0 Å². The molecular weight excluding hydrogens is 192 g/mol. The van der Waals surface area contributed by atoms with Gasteiger partial charge in [-0.3, -0.25) is 0 Å². The topological polar surface area (TPSA) is 47.3 Å². The van der Waals surface area contributed by atoms with Crippen molar-refractivity contribution in [1.82, 2.24) is 10.3 Å². The van der Waals surface area contributed by atoms with Crippen molar-refractivity contribution in [3.8, 4) is 0 Å². The minimum atomic E-state index is 0.450. The molecule has 1 N–H and O–H groups in total. The Bertz CT molecular complexity index is 271. The van der Waals surface area contributed by atoms with E-state index in [1.807, 2.05) is 0 Å². The predicted molar refractivity (Wildman–Crippen MR) is 58.4 cm³/mol.